The van der Waals surface area contributed by atoms with Crippen LogP contribution in [0.25, 0.3) is 11.1 Å². The molecular formula is C25H27NO4. The highest BCUT2D eigenvalue weighted by Crippen LogP contribution is 2.46. The molecule has 156 valence electrons. The number of carbonyl (C=O) groups excluding carboxylic acids is 1. The van der Waals surface area contributed by atoms with Gasteiger partial charge in [-0.2, -0.15) is 0 Å². The van der Waals surface area contributed by atoms with E-state index in [2.05, 4.69) is 24.3 Å². The molecule has 2 aromatic carbocycles. The second-order valence-electron chi connectivity index (χ2n) is 8.90. The zero-order valence-electron chi connectivity index (χ0n) is 17.0. The van der Waals surface area contributed by atoms with Crippen LogP contribution in [0, 0.1) is 5.92 Å². The summed E-state index contributed by atoms with van der Waals surface area (Å²) in [6, 6.07) is 16.7. The van der Waals surface area contributed by atoms with E-state index in [4.69, 9.17) is 4.74 Å². The van der Waals surface area contributed by atoms with Gasteiger partial charge in [-0.15, -0.1) is 0 Å². The van der Waals surface area contributed by atoms with E-state index < -0.39 is 5.97 Å². The lowest BCUT2D eigenvalue weighted by molar-refractivity contribution is -0.143. The number of nitrogens with zero attached hydrogens (tertiary/aromatic N) is 1. The summed E-state index contributed by atoms with van der Waals surface area (Å²) in [5, 5.41) is 9.31. The van der Waals surface area contributed by atoms with E-state index in [0.29, 0.717) is 26.0 Å². The number of rotatable bonds is 3. The number of benzene rings is 2. The van der Waals surface area contributed by atoms with Crippen molar-refractivity contribution in [1.29, 1.82) is 0 Å². The molecular weight excluding hydrogens is 378 g/mol. The summed E-state index contributed by atoms with van der Waals surface area (Å²) in [5.41, 5.74) is 4.65. The van der Waals surface area contributed by atoms with Crippen LogP contribution in [-0.4, -0.2) is 40.8 Å². The standard InChI is InChI=1S/C25H27NO4/c27-23(28)17-10-13-25(14-11-17)12-5-15-26(25)24(29)30-16-22-20-8-3-1-6-18(20)19-7-2-4-9-21(19)22/h1-4,6-9,17,22H,5,10-16H2,(H,27,28). The topological polar surface area (TPSA) is 66.8 Å². The van der Waals surface area contributed by atoms with Gasteiger partial charge < -0.3 is 14.7 Å². The van der Waals surface area contributed by atoms with Gasteiger partial charge in [0.25, 0.3) is 0 Å². The van der Waals surface area contributed by atoms with E-state index in [1.165, 1.54) is 22.3 Å². The highest BCUT2D eigenvalue weighted by atomic mass is 16.6. The van der Waals surface area contributed by atoms with Gasteiger partial charge in [0.05, 0.1) is 5.92 Å². The van der Waals surface area contributed by atoms with Crippen molar-refractivity contribution in [1.82, 2.24) is 4.90 Å². The Balaban J connectivity index is 1.30. The first-order valence-corrected chi connectivity index (χ1v) is 10.9. The summed E-state index contributed by atoms with van der Waals surface area (Å²) in [6.07, 6.45) is 4.46. The summed E-state index contributed by atoms with van der Waals surface area (Å²) in [7, 11) is 0. The minimum atomic E-state index is -0.712. The van der Waals surface area contributed by atoms with E-state index in [1.807, 2.05) is 29.2 Å². The summed E-state index contributed by atoms with van der Waals surface area (Å²) < 4.78 is 5.90. The number of likely N-dealkylation sites (tertiary alicyclic amines) is 1. The van der Waals surface area contributed by atoms with Crippen molar-refractivity contribution in [2.75, 3.05) is 13.2 Å². The predicted molar refractivity (Wildman–Crippen MR) is 113 cm³/mol. The summed E-state index contributed by atoms with van der Waals surface area (Å²) in [6.45, 7) is 1.03. The average Bonchev–Trinajstić information content (AvgIpc) is 3.32. The second-order valence-corrected chi connectivity index (χ2v) is 8.90. The third-order valence-electron chi connectivity index (χ3n) is 7.42. The molecule has 1 spiro atoms. The number of hydrogen-bond donors (Lipinski definition) is 1. The smallest absolute Gasteiger partial charge is 0.410 e. The molecule has 30 heavy (non-hydrogen) atoms. The summed E-state index contributed by atoms with van der Waals surface area (Å²) >= 11 is 0. The zero-order valence-corrected chi connectivity index (χ0v) is 17.0. The zero-order chi connectivity index (χ0) is 20.7. The molecule has 1 heterocycles. The molecule has 1 amide bonds. The van der Waals surface area contributed by atoms with Crippen molar-refractivity contribution in [3.8, 4) is 11.1 Å². The number of amides is 1. The number of ether oxygens (including phenoxy) is 1. The van der Waals surface area contributed by atoms with Gasteiger partial charge in [0, 0.05) is 18.0 Å². The van der Waals surface area contributed by atoms with Gasteiger partial charge in [-0.05, 0) is 60.8 Å². The van der Waals surface area contributed by atoms with Gasteiger partial charge in [0.1, 0.15) is 6.61 Å². The molecule has 5 heteroatoms. The molecule has 1 aliphatic heterocycles. The van der Waals surface area contributed by atoms with Gasteiger partial charge in [-0.1, -0.05) is 48.5 Å². The van der Waals surface area contributed by atoms with E-state index in [1.54, 1.807) is 0 Å². The lowest BCUT2D eigenvalue weighted by atomic mass is 9.75. The summed E-state index contributed by atoms with van der Waals surface area (Å²) in [4.78, 5) is 26.3. The number of fused-ring (bicyclic) bond motifs is 3. The Morgan fingerprint density at radius 1 is 0.967 bits per heavy atom. The fourth-order valence-corrected chi connectivity index (χ4v) is 5.82. The van der Waals surface area contributed by atoms with Crippen LogP contribution in [0.3, 0.4) is 0 Å². The third kappa shape index (κ3) is 3.08. The molecule has 5 nitrogen and oxygen atoms in total. The molecule has 3 aliphatic rings. The molecule has 2 aliphatic carbocycles. The van der Waals surface area contributed by atoms with Gasteiger partial charge in [0.15, 0.2) is 0 Å². The van der Waals surface area contributed by atoms with E-state index in [0.717, 1.165) is 25.7 Å². The van der Waals surface area contributed by atoms with Crippen molar-refractivity contribution in [2.24, 2.45) is 5.92 Å². The van der Waals surface area contributed by atoms with E-state index >= 15 is 0 Å². The minimum absolute atomic E-state index is 0.0580. The van der Waals surface area contributed by atoms with E-state index in [-0.39, 0.29) is 23.5 Å². The maximum Gasteiger partial charge on any atom is 0.410 e. The molecule has 0 radical (unpaired) electrons. The minimum Gasteiger partial charge on any atom is -0.481 e. The van der Waals surface area contributed by atoms with Crippen molar-refractivity contribution >= 4 is 12.1 Å². The Morgan fingerprint density at radius 3 is 2.17 bits per heavy atom. The second kappa shape index (κ2) is 7.46. The van der Waals surface area contributed by atoms with E-state index in [9.17, 15) is 14.7 Å². The van der Waals surface area contributed by atoms with Crippen molar-refractivity contribution < 1.29 is 19.4 Å². The molecule has 0 bridgehead atoms. The highest BCUT2D eigenvalue weighted by molar-refractivity contribution is 5.79. The Labute approximate surface area is 176 Å². The maximum atomic E-state index is 13.1. The number of hydrogen-bond acceptors (Lipinski definition) is 3. The predicted octanol–water partition coefficient (Wildman–Crippen LogP) is 5.04. The molecule has 0 atom stereocenters. The van der Waals surface area contributed by atoms with Crippen LogP contribution in [0.4, 0.5) is 4.79 Å². The maximum absolute atomic E-state index is 13.1. The quantitative estimate of drug-likeness (QED) is 0.776. The summed E-state index contributed by atoms with van der Waals surface area (Å²) in [5.74, 6) is -0.932. The van der Waals surface area contributed by atoms with Crippen molar-refractivity contribution in [3.05, 3.63) is 59.7 Å². The Bertz CT molecular complexity index is 931. The lowest BCUT2D eigenvalue weighted by Gasteiger charge is -2.42. The van der Waals surface area contributed by atoms with Crippen LogP contribution in [0.5, 0.6) is 0 Å². The SMILES string of the molecule is O=C(O)C1CCC2(CCCN2C(=O)OCC2c3ccccc3-c3ccccc32)CC1. The molecule has 1 N–H and O–H groups in total. The monoisotopic (exact) mass is 405 g/mol. The van der Waals surface area contributed by atoms with Crippen LogP contribution in [0.1, 0.15) is 55.6 Å². The molecule has 0 aromatic heterocycles. The van der Waals surface area contributed by atoms with Crippen LogP contribution in [-0.2, 0) is 9.53 Å². The average molecular weight is 405 g/mol. The van der Waals surface area contributed by atoms with Gasteiger partial charge in [-0.3, -0.25) is 4.79 Å². The van der Waals surface area contributed by atoms with Crippen LogP contribution >= 0.6 is 0 Å². The van der Waals surface area contributed by atoms with Crippen molar-refractivity contribution in [3.63, 3.8) is 0 Å². The highest BCUT2D eigenvalue weighted by Gasteiger charge is 2.47. The first kappa shape index (κ1) is 19.2. The molecule has 1 saturated heterocycles. The molecule has 2 fully saturated rings. The number of aliphatic carboxylic acids is 1. The first-order valence-electron chi connectivity index (χ1n) is 10.9. The van der Waals surface area contributed by atoms with Gasteiger partial charge in [-0.25, -0.2) is 4.79 Å². The van der Waals surface area contributed by atoms with Gasteiger partial charge in [0.2, 0.25) is 0 Å². The third-order valence-corrected chi connectivity index (χ3v) is 7.42. The number of carbonyl (C=O) groups is 2. The fraction of sp³-hybridized carbons (Fsp3) is 0.440. The van der Waals surface area contributed by atoms with Crippen LogP contribution in [0.15, 0.2) is 48.5 Å². The molecule has 5 rings (SSSR count). The fourth-order valence-electron chi connectivity index (χ4n) is 5.82. The lowest BCUT2D eigenvalue weighted by Crippen LogP contribution is -2.50. The van der Waals surface area contributed by atoms with Crippen molar-refractivity contribution in [2.45, 2.75) is 50.0 Å². The Kier molecular flexibility index (Phi) is 4.76. The Morgan fingerprint density at radius 2 is 1.57 bits per heavy atom. The molecule has 2 aromatic rings. The number of carboxylic acids is 1. The Hall–Kier alpha value is -2.82. The number of carboxylic acid groups (broad SMARTS) is 1. The van der Waals surface area contributed by atoms with Crippen LogP contribution in [0.2, 0.25) is 0 Å². The molecule has 0 unspecified atom stereocenters. The molecule has 1 saturated carbocycles. The van der Waals surface area contributed by atoms with Crippen LogP contribution < -0.4 is 0 Å². The van der Waals surface area contributed by atoms with Gasteiger partial charge >= 0.3 is 12.1 Å². The largest absolute Gasteiger partial charge is 0.481 e. The normalized spacial score (nSPS) is 25.2. The first-order chi connectivity index (χ1) is 14.6.